The third-order valence-corrected chi connectivity index (χ3v) is 9.16. The summed E-state index contributed by atoms with van der Waals surface area (Å²) in [5.74, 6) is -0.878. The molecule has 2 aromatic heterocycles. The molecule has 0 radical (unpaired) electrons. The molecular weight excluding hydrogens is 402 g/mol. The Hall–Kier alpha value is -1.25. The molecule has 2 heterocycles. The molecule has 0 bridgehead atoms. The van der Waals surface area contributed by atoms with Gasteiger partial charge in [-0.25, -0.2) is 18.2 Å². The molecule has 0 atom stereocenters. The Morgan fingerprint density at radius 1 is 1.07 bits per heavy atom. The second-order valence-electron chi connectivity index (χ2n) is 8.65. The molecule has 0 fully saturated rings. The molecule has 0 aromatic carbocycles. The zero-order valence-corrected chi connectivity index (χ0v) is 19.4. The summed E-state index contributed by atoms with van der Waals surface area (Å²) >= 11 is 2.92. The summed E-state index contributed by atoms with van der Waals surface area (Å²) in [6.07, 6.45) is 0. The van der Waals surface area contributed by atoms with Crippen molar-refractivity contribution in [3.05, 3.63) is 21.9 Å². The summed E-state index contributed by atoms with van der Waals surface area (Å²) in [6.45, 7) is 17.5. The minimum atomic E-state index is -3.63. The fraction of sp³-hybridized carbons (Fsp3) is 0.579. The van der Waals surface area contributed by atoms with E-state index in [-0.39, 0.29) is 33.1 Å². The molecule has 27 heavy (non-hydrogen) atoms. The molecule has 2 aromatic rings. The topological polar surface area (TPSA) is 73.3 Å². The van der Waals surface area contributed by atoms with Crippen LogP contribution in [0.5, 0.6) is 0 Å². The number of sulfone groups is 1. The smallest absolute Gasteiger partial charge is 0.333 e. The Kier molecular flexibility index (Phi) is 5.95. The number of carbonyl (C=O) groups excluding carboxylic acids is 1. The van der Waals surface area contributed by atoms with Gasteiger partial charge in [0, 0.05) is 15.3 Å². The first-order chi connectivity index (χ1) is 12.1. The Morgan fingerprint density at radius 2 is 1.63 bits per heavy atom. The molecule has 0 unspecified atom stereocenters. The minimum Gasteiger partial charge on any atom is -0.461 e. The van der Waals surface area contributed by atoms with Crippen molar-refractivity contribution in [3.8, 4) is 0 Å². The SMILES string of the molecule is C=C(C)C(=O)OCCS(=O)(=O)c1nc2c(C(C)(C)C)sc(C(C)(C)C)c2s1. The Labute approximate surface area is 169 Å². The third kappa shape index (κ3) is 4.78. The van der Waals surface area contributed by atoms with Crippen molar-refractivity contribution in [2.75, 3.05) is 12.4 Å². The van der Waals surface area contributed by atoms with Crippen molar-refractivity contribution in [1.29, 1.82) is 0 Å². The van der Waals surface area contributed by atoms with Crippen LogP contribution in [0.1, 0.15) is 58.2 Å². The Balaban J connectivity index is 2.44. The van der Waals surface area contributed by atoms with E-state index in [0.717, 1.165) is 20.0 Å². The number of aromatic nitrogens is 1. The van der Waals surface area contributed by atoms with Gasteiger partial charge in [-0.15, -0.1) is 22.7 Å². The molecule has 0 spiro atoms. The predicted molar refractivity (Wildman–Crippen MR) is 113 cm³/mol. The molecule has 5 nitrogen and oxygen atoms in total. The average molecular weight is 430 g/mol. The molecule has 0 saturated carbocycles. The number of ether oxygens (including phenoxy) is 1. The Morgan fingerprint density at radius 3 is 2.11 bits per heavy atom. The lowest BCUT2D eigenvalue weighted by molar-refractivity contribution is -0.138. The van der Waals surface area contributed by atoms with Crippen molar-refractivity contribution in [2.24, 2.45) is 0 Å². The van der Waals surface area contributed by atoms with E-state index >= 15 is 0 Å². The van der Waals surface area contributed by atoms with Crippen molar-refractivity contribution < 1.29 is 17.9 Å². The lowest BCUT2D eigenvalue weighted by Crippen LogP contribution is -2.16. The van der Waals surface area contributed by atoms with Crippen LogP contribution in [0, 0.1) is 0 Å². The summed E-state index contributed by atoms with van der Waals surface area (Å²) in [4.78, 5) is 18.2. The van der Waals surface area contributed by atoms with Gasteiger partial charge in [0.2, 0.25) is 14.2 Å². The van der Waals surface area contributed by atoms with Gasteiger partial charge in [0.15, 0.2) is 0 Å². The molecule has 150 valence electrons. The quantitative estimate of drug-likeness (QED) is 0.502. The van der Waals surface area contributed by atoms with E-state index in [9.17, 15) is 13.2 Å². The van der Waals surface area contributed by atoms with Gasteiger partial charge in [-0.3, -0.25) is 0 Å². The van der Waals surface area contributed by atoms with E-state index in [2.05, 4.69) is 53.1 Å². The van der Waals surface area contributed by atoms with Crippen LogP contribution in [0.15, 0.2) is 16.5 Å². The number of thiazole rings is 1. The number of thiophene rings is 1. The average Bonchev–Trinajstić information content (AvgIpc) is 3.03. The normalized spacial score (nSPS) is 13.1. The number of carbonyl (C=O) groups is 1. The van der Waals surface area contributed by atoms with Gasteiger partial charge in [-0.1, -0.05) is 48.1 Å². The van der Waals surface area contributed by atoms with E-state index in [1.807, 2.05) is 0 Å². The molecule has 0 aliphatic heterocycles. The van der Waals surface area contributed by atoms with E-state index < -0.39 is 15.8 Å². The van der Waals surface area contributed by atoms with Crippen LogP contribution in [0.4, 0.5) is 0 Å². The monoisotopic (exact) mass is 429 g/mol. The summed E-state index contributed by atoms with van der Waals surface area (Å²) in [6, 6.07) is 0. The van der Waals surface area contributed by atoms with Gasteiger partial charge in [0.25, 0.3) is 0 Å². The highest BCUT2D eigenvalue weighted by Crippen LogP contribution is 2.46. The summed E-state index contributed by atoms with van der Waals surface area (Å²) in [7, 11) is -3.63. The van der Waals surface area contributed by atoms with E-state index in [1.54, 1.807) is 11.3 Å². The minimum absolute atomic E-state index is 0.0858. The summed E-state index contributed by atoms with van der Waals surface area (Å²) < 4.78 is 31.4. The number of rotatable bonds is 5. The molecular formula is C19H27NO4S3. The Bertz CT molecular complexity index is 936. The first-order valence-corrected chi connectivity index (χ1v) is 11.9. The largest absolute Gasteiger partial charge is 0.461 e. The third-order valence-electron chi connectivity index (χ3n) is 3.80. The second-order valence-corrected chi connectivity index (χ2v) is 13.0. The van der Waals surface area contributed by atoms with Crippen LogP contribution in [-0.4, -0.2) is 31.7 Å². The number of fused-ring (bicyclic) bond motifs is 1. The van der Waals surface area contributed by atoms with E-state index in [4.69, 9.17) is 4.74 Å². The lowest BCUT2D eigenvalue weighted by Gasteiger charge is -2.18. The number of hydrogen-bond acceptors (Lipinski definition) is 7. The molecule has 2 rings (SSSR count). The highest BCUT2D eigenvalue weighted by Gasteiger charge is 2.32. The van der Waals surface area contributed by atoms with Crippen LogP contribution < -0.4 is 0 Å². The molecule has 0 N–H and O–H groups in total. The van der Waals surface area contributed by atoms with E-state index in [0.29, 0.717) is 0 Å². The van der Waals surface area contributed by atoms with Gasteiger partial charge < -0.3 is 4.74 Å². The highest BCUT2D eigenvalue weighted by molar-refractivity contribution is 7.93. The van der Waals surface area contributed by atoms with Gasteiger partial charge in [0.05, 0.1) is 16.0 Å². The molecule has 0 amide bonds. The molecule has 8 heteroatoms. The van der Waals surface area contributed by atoms with Gasteiger partial charge >= 0.3 is 5.97 Å². The maximum absolute atomic E-state index is 12.7. The van der Waals surface area contributed by atoms with Crippen LogP contribution in [0.25, 0.3) is 10.2 Å². The summed E-state index contributed by atoms with van der Waals surface area (Å²) in [5, 5.41) is 0. The first kappa shape index (κ1) is 22.0. The van der Waals surface area contributed by atoms with Crippen molar-refractivity contribution >= 4 is 48.7 Å². The number of nitrogens with zero attached hydrogens (tertiary/aromatic N) is 1. The van der Waals surface area contributed by atoms with Gasteiger partial charge in [0.1, 0.15) is 6.61 Å². The second kappa shape index (κ2) is 7.29. The van der Waals surface area contributed by atoms with Crippen LogP contribution in [0.2, 0.25) is 0 Å². The molecule has 0 aliphatic carbocycles. The van der Waals surface area contributed by atoms with Gasteiger partial charge in [-0.2, -0.15) is 0 Å². The summed E-state index contributed by atoms with van der Waals surface area (Å²) in [5.41, 5.74) is 0.793. The van der Waals surface area contributed by atoms with Crippen LogP contribution in [0.3, 0.4) is 0 Å². The maximum atomic E-state index is 12.7. The van der Waals surface area contributed by atoms with Crippen molar-refractivity contribution in [3.63, 3.8) is 0 Å². The predicted octanol–water partition coefficient (Wildman–Crippen LogP) is 4.85. The number of hydrogen-bond donors (Lipinski definition) is 0. The maximum Gasteiger partial charge on any atom is 0.333 e. The zero-order valence-electron chi connectivity index (χ0n) is 16.9. The van der Waals surface area contributed by atoms with Crippen molar-refractivity contribution in [2.45, 2.75) is 63.6 Å². The van der Waals surface area contributed by atoms with Crippen molar-refractivity contribution in [1.82, 2.24) is 4.98 Å². The fourth-order valence-corrected chi connectivity index (χ4v) is 6.63. The lowest BCUT2D eigenvalue weighted by atomic mass is 9.92. The van der Waals surface area contributed by atoms with E-state index in [1.165, 1.54) is 18.3 Å². The van der Waals surface area contributed by atoms with Gasteiger partial charge in [-0.05, 0) is 17.8 Å². The molecule has 0 aliphatic rings. The highest BCUT2D eigenvalue weighted by atomic mass is 32.2. The number of esters is 1. The van der Waals surface area contributed by atoms with Crippen LogP contribution >= 0.6 is 22.7 Å². The molecule has 0 saturated heterocycles. The van der Waals surface area contributed by atoms with Crippen LogP contribution in [-0.2, 0) is 30.2 Å². The zero-order chi connectivity index (χ0) is 20.8. The fourth-order valence-electron chi connectivity index (χ4n) is 2.39. The standard InChI is InChI=1S/C19H27NO4S3/c1-11(2)16(21)24-9-10-27(22,23)17-20-12-13(25-17)15(19(6,7)8)26-14(12)18(3,4)5/h1,9-10H2,2-8H3. The first-order valence-electron chi connectivity index (χ1n) is 8.64.